The van der Waals surface area contributed by atoms with Crippen molar-refractivity contribution in [2.45, 2.75) is 20.3 Å². The van der Waals surface area contributed by atoms with Crippen LogP contribution in [0.3, 0.4) is 0 Å². The molecule has 72 valence electrons. The van der Waals surface area contributed by atoms with E-state index in [4.69, 9.17) is 0 Å². The van der Waals surface area contributed by atoms with E-state index in [0.717, 1.165) is 20.6 Å². The van der Waals surface area contributed by atoms with Gasteiger partial charge in [-0.05, 0) is 40.9 Å². The topological polar surface area (TPSA) is 29.1 Å². The Balaban J connectivity index is 2.91. The van der Waals surface area contributed by atoms with Crippen molar-refractivity contribution in [3.8, 4) is 0 Å². The molecule has 1 aromatic heterocycles. The Labute approximate surface area is 90.5 Å². The molecule has 0 saturated heterocycles. The first-order valence-corrected chi connectivity index (χ1v) is 5.86. The maximum Gasteiger partial charge on any atom is 0.261 e. The highest BCUT2D eigenvalue weighted by Crippen LogP contribution is 2.27. The van der Waals surface area contributed by atoms with Crippen molar-refractivity contribution >= 4 is 33.2 Å². The van der Waals surface area contributed by atoms with Crippen molar-refractivity contribution < 1.29 is 4.79 Å². The highest BCUT2D eigenvalue weighted by atomic mass is 79.9. The van der Waals surface area contributed by atoms with Gasteiger partial charge in [0.1, 0.15) is 0 Å². The standard InChI is InChI=1S/C9H12BrNOS/c1-3-6-5-7(10)13-8(6)9(12)11-4-2/h5H,3-4H2,1-2H3,(H,11,12). The van der Waals surface area contributed by atoms with Crippen LogP contribution >= 0.6 is 27.3 Å². The minimum atomic E-state index is 0.0371. The van der Waals surface area contributed by atoms with Crippen LogP contribution in [-0.4, -0.2) is 12.5 Å². The lowest BCUT2D eigenvalue weighted by Gasteiger charge is -2.00. The second-order valence-corrected chi connectivity index (χ2v) is 5.05. The molecule has 0 radical (unpaired) electrons. The Hall–Kier alpha value is -0.350. The summed E-state index contributed by atoms with van der Waals surface area (Å²) < 4.78 is 1.02. The second-order valence-electron chi connectivity index (χ2n) is 2.62. The molecular weight excluding hydrogens is 250 g/mol. The molecule has 0 atom stereocenters. The minimum absolute atomic E-state index is 0.0371. The number of carbonyl (C=O) groups is 1. The molecule has 0 spiro atoms. The van der Waals surface area contributed by atoms with Gasteiger partial charge in [0.05, 0.1) is 8.66 Å². The smallest absolute Gasteiger partial charge is 0.261 e. The van der Waals surface area contributed by atoms with Gasteiger partial charge in [0, 0.05) is 6.54 Å². The van der Waals surface area contributed by atoms with Gasteiger partial charge in [-0.15, -0.1) is 11.3 Å². The minimum Gasteiger partial charge on any atom is -0.352 e. The van der Waals surface area contributed by atoms with Crippen molar-refractivity contribution in [3.63, 3.8) is 0 Å². The lowest BCUT2D eigenvalue weighted by Crippen LogP contribution is -2.22. The van der Waals surface area contributed by atoms with Crippen LogP contribution in [0.2, 0.25) is 0 Å². The van der Waals surface area contributed by atoms with Gasteiger partial charge >= 0.3 is 0 Å². The predicted molar refractivity (Wildman–Crippen MR) is 59.4 cm³/mol. The SMILES string of the molecule is CCNC(=O)c1sc(Br)cc1CC. The molecule has 1 amide bonds. The van der Waals surface area contributed by atoms with Crippen molar-refractivity contribution in [2.75, 3.05) is 6.54 Å². The summed E-state index contributed by atoms with van der Waals surface area (Å²) in [6.07, 6.45) is 0.897. The Bertz CT molecular complexity index is 309. The van der Waals surface area contributed by atoms with Gasteiger partial charge in [-0.2, -0.15) is 0 Å². The first-order chi connectivity index (χ1) is 6.19. The van der Waals surface area contributed by atoms with Gasteiger partial charge in [0.15, 0.2) is 0 Å². The van der Waals surface area contributed by atoms with Gasteiger partial charge in [-0.3, -0.25) is 4.79 Å². The molecule has 0 unspecified atom stereocenters. The fourth-order valence-electron chi connectivity index (χ4n) is 1.09. The van der Waals surface area contributed by atoms with Gasteiger partial charge < -0.3 is 5.32 Å². The zero-order valence-corrected chi connectivity index (χ0v) is 10.1. The third kappa shape index (κ3) is 2.54. The van der Waals surface area contributed by atoms with E-state index in [1.807, 2.05) is 13.0 Å². The molecular formula is C9H12BrNOS. The van der Waals surface area contributed by atoms with E-state index >= 15 is 0 Å². The second kappa shape index (κ2) is 4.77. The maximum absolute atomic E-state index is 11.5. The summed E-state index contributed by atoms with van der Waals surface area (Å²) in [5, 5.41) is 2.80. The number of hydrogen-bond donors (Lipinski definition) is 1. The van der Waals surface area contributed by atoms with Gasteiger partial charge in [0.25, 0.3) is 5.91 Å². The van der Waals surface area contributed by atoms with Crippen molar-refractivity contribution in [2.24, 2.45) is 0 Å². The van der Waals surface area contributed by atoms with Crippen LogP contribution in [0.1, 0.15) is 29.1 Å². The fourth-order valence-corrected chi connectivity index (χ4v) is 2.75. The van der Waals surface area contributed by atoms with Crippen LogP contribution in [0.4, 0.5) is 0 Å². The molecule has 1 rings (SSSR count). The van der Waals surface area contributed by atoms with E-state index in [0.29, 0.717) is 6.54 Å². The van der Waals surface area contributed by atoms with Crippen molar-refractivity contribution in [1.29, 1.82) is 0 Å². The van der Waals surface area contributed by atoms with Crippen LogP contribution in [0, 0.1) is 0 Å². The first kappa shape index (κ1) is 10.7. The summed E-state index contributed by atoms with van der Waals surface area (Å²) in [5.74, 6) is 0.0371. The van der Waals surface area contributed by atoms with Crippen molar-refractivity contribution in [3.05, 3.63) is 20.3 Å². The van der Waals surface area contributed by atoms with E-state index in [1.165, 1.54) is 11.3 Å². The monoisotopic (exact) mass is 261 g/mol. The van der Waals surface area contributed by atoms with Crippen LogP contribution in [0.5, 0.6) is 0 Å². The summed E-state index contributed by atoms with van der Waals surface area (Å²) in [5.41, 5.74) is 1.11. The number of carbonyl (C=O) groups excluding carboxylic acids is 1. The van der Waals surface area contributed by atoms with Gasteiger partial charge in [0.2, 0.25) is 0 Å². The van der Waals surface area contributed by atoms with Gasteiger partial charge in [-0.25, -0.2) is 0 Å². The molecule has 1 N–H and O–H groups in total. The lowest BCUT2D eigenvalue weighted by molar-refractivity contribution is 0.0959. The maximum atomic E-state index is 11.5. The molecule has 0 fully saturated rings. The highest BCUT2D eigenvalue weighted by molar-refractivity contribution is 9.11. The number of amides is 1. The number of aryl methyl sites for hydroxylation is 1. The Kier molecular flexibility index (Phi) is 3.93. The summed E-state index contributed by atoms with van der Waals surface area (Å²) in [4.78, 5) is 12.3. The van der Waals surface area contributed by atoms with Crippen LogP contribution in [0.25, 0.3) is 0 Å². The zero-order chi connectivity index (χ0) is 9.84. The average molecular weight is 262 g/mol. The van der Waals surface area contributed by atoms with E-state index in [-0.39, 0.29) is 5.91 Å². The molecule has 0 saturated carbocycles. The van der Waals surface area contributed by atoms with Crippen LogP contribution < -0.4 is 5.32 Å². The van der Waals surface area contributed by atoms with Crippen molar-refractivity contribution in [1.82, 2.24) is 5.32 Å². The summed E-state index contributed by atoms with van der Waals surface area (Å²) in [6, 6.07) is 2.01. The lowest BCUT2D eigenvalue weighted by atomic mass is 10.2. The van der Waals surface area contributed by atoms with Gasteiger partial charge in [-0.1, -0.05) is 6.92 Å². The highest BCUT2D eigenvalue weighted by Gasteiger charge is 2.12. The summed E-state index contributed by atoms with van der Waals surface area (Å²) >= 11 is 4.87. The third-order valence-electron chi connectivity index (χ3n) is 1.70. The number of nitrogens with one attached hydrogen (secondary N) is 1. The molecule has 13 heavy (non-hydrogen) atoms. The quantitative estimate of drug-likeness (QED) is 0.891. The fraction of sp³-hybridized carbons (Fsp3) is 0.444. The van der Waals surface area contributed by atoms with Crippen LogP contribution in [0.15, 0.2) is 9.85 Å². The van der Waals surface area contributed by atoms with Crippen LogP contribution in [-0.2, 0) is 6.42 Å². The van der Waals surface area contributed by atoms with E-state index in [1.54, 1.807) is 0 Å². The average Bonchev–Trinajstić information content (AvgIpc) is 2.47. The summed E-state index contributed by atoms with van der Waals surface area (Å²) in [7, 11) is 0. The third-order valence-corrected chi connectivity index (χ3v) is 3.38. The van der Waals surface area contributed by atoms with E-state index in [9.17, 15) is 4.79 Å². The zero-order valence-electron chi connectivity index (χ0n) is 7.69. The molecule has 0 aliphatic heterocycles. The molecule has 1 heterocycles. The molecule has 2 nitrogen and oxygen atoms in total. The summed E-state index contributed by atoms with van der Waals surface area (Å²) in [6.45, 7) is 4.65. The Morgan fingerprint density at radius 2 is 2.31 bits per heavy atom. The number of hydrogen-bond acceptors (Lipinski definition) is 2. The largest absolute Gasteiger partial charge is 0.352 e. The first-order valence-electron chi connectivity index (χ1n) is 4.25. The number of rotatable bonds is 3. The molecule has 1 aromatic rings. The predicted octanol–water partition coefficient (Wildman–Crippen LogP) is 2.82. The molecule has 0 bridgehead atoms. The number of thiophene rings is 1. The Morgan fingerprint density at radius 3 is 2.85 bits per heavy atom. The van der Waals surface area contributed by atoms with E-state index in [2.05, 4.69) is 28.2 Å². The molecule has 4 heteroatoms. The molecule has 0 aliphatic carbocycles. The normalized spacial score (nSPS) is 10.1. The molecule has 0 aliphatic rings. The Morgan fingerprint density at radius 1 is 1.62 bits per heavy atom. The number of halogens is 1. The van der Waals surface area contributed by atoms with E-state index < -0.39 is 0 Å². The molecule has 0 aromatic carbocycles.